The topological polar surface area (TPSA) is 38.3 Å². The minimum atomic E-state index is -4.07. The number of hydrogen-bond acceptors (Lipinski definition) is 3. The van der Waals surface area contributed by atoms with E-state index in [9.17, 15) is 22.4 Å². The van der Waals surface area contributed by atoms with Gasteiger partial charge in [-0.15, -0.1) is 0 Å². The van der Waals surface area contributed by atoms with Gasteiger partial charge in [-0.05, 0) is 11.1 Å². The van der Waals surface area contributed by atoms with E-state index in [0.29, 0.717) is 11.1 Å². The van der Waals surface area contributed by atoms with Gasteiger partial charge in [0.25, 0.3) is 0 Å². The van der Waals surface area contributed by atoms with E-state index in [-0.39, 0.29) is 13.0 Å². The third kappa shape index (κ3) is 4.80. The van der Waals surface area contributed by atoms with E-state index in [1.807, 2.05) is 0 Å². The van der Waals surface area contributed by atoms with Crippen LogP contribution in [0, 0.1) is 0 Å². The van der Waals surface area contributed by atoms with E-state index in [2.05, 4.69) is 10.1 Å². The van der Waals surface area contributed by atoms with Crippen LogP contribution in [0.2, 0.25) is 0 Å². The Morgan fingerprint density at radius 2 is 1.90 bits per heavy atom. The lowest BCUT2D eigenvalue weighted by atomic mass is 10.0. The van der Waals surface area contributed by atoms with Gasteiger partial charge in [-0.3, -0.25) is 4.79 Å². The molecule has 0 spiro atoms. The molecule has 7 heteroatoms. The number of rotatable bonds is 7. The van der Waals surface area contributed by atoms with E-state index < -0.39 is 24.9 Å². The molecule has 0 saturated heterocycles. The van der Waals surface area contributed by atoms with Crippen LogP contribution in [0.3, 0.4) is 0 Å². The van der Waals surface area contributed by atoms with Gasteiger partial charge in [0.15, 0.2) is 0 Å². The normalized spacial score (nSPS) is 11.7. The highest BCUT2D eigenvalue weighted by Gasteiger charge is 2.39. The molecule has 0 heterocycles. The summed E-state index contributed by atoms with van der Waals surface area (Å²) in [6.07, 6.45) is -3.71. The molecule has 0 aliphatic carbocycles. The molecule has 0 fully saturated rings. The lowest BCUT2D eigenvalue weighted by molar-refractivity contribution is -0.139. The van der Waals surface area contributed by atoms with Crippen LogP contribution in [0.4, 0.5) is 17.6 Å². The Morgan fingerprint density at radius 3 is 2.45 bits per heavy atom. The van der Waals surface area contributed by atoms with Crippen LogP contribution >= 0.6 is 0 Å². The molecule has 0 aliphatic rings. The number of halogens is 4. The van der Waals surface area contributed by atoms with Crippen LogP contribution in [-0.2, 0) is 22.5 Å². The summed E-state index contributed by atoms with van der Waals surface area (Å²) in [4.78, 5) is 11.2. The second kappa shape index (κ2) is 7.23. The minimum absolute atomic E-state index is 0.000403. The molecule has 0 saturated carbocycles. The standard InChI is InChI=1S/C13H15F4NO2/c1-20-11(19)6-9-4-2-3-5-10(9)7-18-8-13(16,17)12(14)15/h2-5,12,18H,6-8H2,1H3. The van der Waals surface area contributed by atoms with Crippen molar-refractivity contribution >= 4 is 5.97 Å². The number of carbonyl (C=O) groups is 1. The first-order chi connectivity index (χ1) is 9.36. The number of carbonyl (C=O) groups excluding carboxylic acids is 1. The lowest BCUT2D eigenvalue weighted by Gasteiger charge is -2.16. The van der Waals surface area contributed by atoms with E-state index in [0.717, 1.165) is 0 Å². The molecular weight excluding hydrogens is 278 g/mol. The van der Waals surface area contributed by atoms with E-state index in [1.54, 1.807) is 24.3 Å². The number of nitrogens with one attached hydrogen (secondary N) is 1. The third-order valence-corrected chi connectivity index (χ3v) is 2.68. The fraction of sp³-hybridized carbons (Fsp3) is 0.462. The average Bonchev–Trinajstić information content (AvgIpc) is 2.40. The van der Waals surface area contributed by atoms with Gasteiger partial charge < -0.3 is 10.1 Å². The van der Waals surface area contributed by atoms with E-state index >= 15 is 0 Å². The summed E-state index contributed by atoms with van der Waals surface area (Å²) in [5, 5.41) is 2.27. The molecule has 0 radical (unpaired) electrons. The minimum Gasteiger partial charge on any atom is -0.469 e. The van der Waals surface area contributed by atoms with Crippen molar-refractivity contribution in [3.8, 4) is 0 Å². The maximum atomic E-state index is 12.7. The molecule has 20 heavy (non-hydrogen) atoms. The first-order valence-electron chi connectivity index (χ1n) is 5.87. The smallest absolute Gasteiger partial charge is 0.319 e. The largest absolute Gasteiger partial charge is 0.469 e. The Hall–Kier alpha value is -1.63. The van der Waals surface area contributed by atoms with Crippen molar-refractivity contribution in [2.75, 3.05) is 13.7 Å². The van der Waals surface area contributed by atoms with Crippen LogP contribution in [-0.4, -0.2) is 32.0 Å². The molecule has 1 N–H and O–H groups in total. The zero-order valence-electron chi connectivity index (χ0n) is 10.8. The lowest BCUT2D eigenvalue weighted by Crippen LogP contribution is -2.38. The summed E-state index contributed by atoms with van der Waals surface area (Å²) in [6.45, 7) is -1.16. The van der Waals surface area contributed by atoms with Crippen molar-refractivity contribution < 1.29 is 27.1 Å². The summed E-state index contributed by atoms with van der Waals surface area (Å²) >= 11 is 0. The van der Waals surface area contributed by atoms with Gasteiger partial charge in [-0.1, -0.05) is 24.3 Å². The van der Waals surface area contributed by atoms with Gasteiger partial charge >= 0.3 is 18.3 Å². The Bertz CT molecular complexity index is 452. The molecule has 0 atom stereocenters. The van der Waals surface area contributed by atoms with E-state index in [4.69, 9.17) is 0 Å². The average molecular weight is 293 g/mol. The SMILES string of the molecule is COC(=O)Cc1ccccc1CNCC(F)(F)C(F)F. The fourth-order valence-corrected chi connectivity index (χ4v) is 1.57. The molecule has 0 amide bonds. The molecule has 3 nitrogen and oxygen atoms in total. The molecule has 0 unspecified atom stereocenters. The fourth-order valence-electron chi connectivity index (χ4n) is 1.57. The second-order valence-corrected chi connectivity index (χ2v) is 4.19. The zero-order chi connectivity index (χ0) is 15.2. The monoisotopic (exact) mass is 293 g/mol. The number of ether oxygens (including phenoxy) is 1. The Labute approximate surface area is 113 Å². The van der Waals surface area contributed by atoms with Gasteiger partial charge in [0.2, 0.25) is 0 Å². The number of hydrogen-bond donors (Lipinski definition) is 1. The third-order valence-electron chi connectivity index (χ3n) is 2.68. The van der Waals surface area contributed by atoms with Crippen LogP contribution in [0.15, 0.2) is 24.3 Å². The van der Waals surface area contributed by atoms with Crippen LogP contribution in [0.5, 0.6) is 0 Å². The van der Waals surface area contributed by atoms with Gasteiger partial charge in [0.05, 0.1) is 20.1 Å². The maximum Gasteiger partial charge on any atom is 0.319 e. The number of benzene rings is 1. The molecule has 0 bridgehead atoms. The number of methoxy groups -OCH3 is 1. The first-order valence-corrected chi connectivity index (χ1v) is 5.87. The maximum absolute atomic E-state index is 12.7. The second-order valence-electron chi connectivity index (χ2n) is 4.19. The number of esters is 1. The Kier molecular flexibility index (Phi) is 5.94. The molecule has 1 rings (SSSR count). The number of alkyl halides is 4. The first kappa shape index (κ1) is 16.4. The van der Waals surface area contributed by atoms with Gasteiger partial charge in [-0.2, -0.15) is 8.78 Å². The molecule has 112 valence electrons. The van der Waals surface area contributed by atoms with Gasteiger partial charge in [0.1, 0.15) is 0 Å². The molecule has 0 aromatic heterocycles. The predicted octanol–water partition coefficient (Wildman–Crippen LogP) is 2.39. The van der Waals surface area contributed by atoms with Crippen molar-refractivity contribution in [2.24, 2.45) is 0 Å². The highest BCUT2D eigenvalue weighted by atomic mass is 19.3. The molecule has 1 aromatic rings. The summed E-state index contributed by atoms with van der Waals surface area (Å²) < 4.78 is 53.9. The summed E-state index contributed by atoms with van der Waals surface area (Å²) in [5.41, 5.74) is 1.19. The van der Waals surface area contributed by atoms with Crippen LogP contribution in [0.1, 0.15) is 11.1 Å². The molecule has 0 aliphatic heterocycles. The summed E-state index contributed by atoms with van der Waals surface area (Å²) in [6, 6.07) is 6.64. The van der Waals surface area contributed by atoms with E-state index in [1.165, 1.54) is 7.11 Å². The quantitative estimate of drug-likeness (QED) is 0.619. The predicted molar refractivity (Wildman–Crippen MR) is 64.8 cm³/mol. The highest BCUT2D eigenvalue weighted by molar-refractivity contribution is 5.72. The molecule has 1 aromatic carbocycles. The van der Waals surface area contributed by atoms with Gasteiger partial charge in [0, 0.05) is 6.54 Å². The van der Waals surface area contributed by atoms with Gasteiger partial charge in [-0.25, -0.2) is 8.78 Å². The van der Waals surface area contributed by atoms with Crippen molar-refractivity contribution in [3.63, 3.8) is 0 Å². The van der Waals surface area contributed by atoms with Crippen molar-refractivity contribution in [1.29, 1.82) is 0 Å². The van der Waals surface area contributed by atoms with Crippen molar-refractivity contribution in [3.05, 3.63) is 35.4 Å². The summed E-state index contributed by atoms with van der Waals surface area (Å²) in [5.74, 6) is -4.53. The highest BCUT2D eigenvalue weighted by Crippen LogP contribution is 2.21. The van der Waals surface area contributed by atoms with Crippen molar-refractivity contribution in [1.82, 2.24) is 5.32 Å². The Balaban J connectivity index is 2.62. The Morgan fingerprint density at radius 1 is 1.30 bits per heavy atom. The van der Waals surface area contributed by atoms with Crippen LogP contribution in [0.25, 0.3) is 0 Å². The summed E-state index contributed by atoms with van der Waals surface area (Å²) in [7, 11) is 1.24. The molecular formula is C13H15F4NO2. The van der Waals surface area contributed by atoms with Crippen LogP contribution < -0.4 is 5.32 Å². The zero-order valence-corrected chi connectivity index (χ0v) is 10.8. The van der Waals surface area contributed by atoms with Crippen molar-refractivity contribution in [2.45, 2.75) is 25.3 Å².